The Balaban J connectivity index is 1.80. The number of nitrogens with one attached hydrogen (secondary N) is 1. The molecule has 2 amide bonds. The molecule has 0 radical (unpaired) electrons. The van der Waals surface area contributed by atoms with Crippen molar-refractivity contribution >= 4 is 11.8 Å². The van der Waals surface area contributed by atoms with Crippen LogP contribution in [0.15, 0.2) is 61.2 Å². The van der Waals surface area contributed by atoms with Crippen molar-refractivity contribution < 1.29 is 19.1 Å². The van der Waals surface area contributed by atoms with E-state index in [1.165, 1.54) is 14.2 Å². The fraction of sp³-hybridized carbons (Fsp3) is 0.250. The second kappa shape index (κ2) is 9.05. The summed E-state index contributed by atoms with van der Waals surface area (Å²) >= 11 is 0. The number of likely N-dealkylation sites (N-methyl/N-ethyl adjacent to an activating group) is 1. The van der Waals surface area contributed by atoms with Crippen LogP contribution in [0.5, 0.6) is 11.5 Å². The van der Waals surface area contributed by atoms with Crippen LogP contribution in [0, 0.1) is 0 Å². The van der Waals surface area contributed by atoms with Gasteiger partial charge in [-0.15, -0.1) is 0 Å². The summed E-state index contributed by atoms with van der Waals surface area (Å²) in [7, 11) is 4.73. The van der Waals surface area contributed by atoms with Gasteiger partial charge in [-0.05, 0) is 41.0 Å². The number of hydrogen-bond donors (Lipinski definition) is 1. The minimum absolute atomic E-state index is 0.203. The Bertz CT molecular complexity index is 1120. The van der Waals surface area contributed by atoms with Gasteiger partial charge < -0.3 is 19.7 Å². The van der Waals surface area contributed by atoms with Crippen LogP contribution in [0.1, 0.15) is 39.0 Å². The molecule has 0 saturated heterocycles. The molecule has 1 N–H and O–H groups in total. The molecule has 0 saturated carbocycles. The number of carbonyl (C=O) groups is 2. The van der Waals surface area contributed by atoms with Gasteiger partial charge in [-0.3, -0.25) is 19.6 Å². The molecule has 0 unspecified atom stereocenters. The van der Waals surface area contributed by atoms with Gasteiger partial charge in [0, 0.05) is 43.9 Å². The van der Waals surface area contributed by atoms with Gasteiger partial charge in [-0.25, -0.2) is 0 Å². The summed E-state index contributed by atoms with van der Waals surface area (Å²) in [6, 6.07) is 10.2. The molecule has 0 bridgehead atoms. The van der Waals surface area contributed by atoms with Crippen molar-refractivity contribution in [1.82, 2.24) is 20.2 Å². The fourth-order valence-corrected chi connectivity index (χ4v) is 4.10. The number of pyridine rings is 2. The molecule has 8 nitrogen and oxygen atoms in total. The van der Waals surface area contributed by atoms with Crippen LogP contribution in [0.2, 0.25) is 0 Å². The highest BCUT2D eigenvalue weighted by atomic mass is 16.5. The topological polar surface area (TPSA) is 93.7 Å². The minimum atomic E-state index is -0.673. The van der Waals surface area contributed by atoms with Crippen molar-refractivity contribution in [3.8, 4) is 11.5 Å². The van der Waals surface area contributed by atoms with Crippen LogP contribution >= 0.6 is 0 Å². The van der Waals surface area contributed by atoms with Crippen molar-refractivity contribution in [2.75, 3.05) is 21.3 Å². The maximum absolute atomic E-state index is 13.6. The number of rotatable bonds is 6. The first kappa shape index (κ1) is 21.3. The molecule has 2 atom stereocenters. The zero-order valence-electron chi connectivity index (χ0n) is 18.1. The maximum Gasteiger partial charge on any atom is 0.254 e. The number of hydrogen-bond acceptors (Lipinski definition) is 6. The number of carbonyl (C=O) groups excluding carboxylic acids is 2. The first-order valence-electron chi connectivity index (χ1n) is 10.1. The molecule has 8 heteroatoms. The maximum atomic E-state index is 13.6. The van der Waals surface area contributed by atoms with E-state index in [0.717, 1.165) is 11.1 Å². The SMILES string of the molecule is COc1cc2c(cc1OC)[C@H](C(=O)NCc1cccnc1)[C@H](c1cccnc1)N(C)C2=O. The second-order valence-corrected chi connectivity index (χ2v) is 7.50. The third-order valence-corrected chi connectivity index (χ3v) is 5.67. The number of methoxy groups -OCH3 is 2. The number of amides is 2. The van der Waals surface area contributed by atoms with Gasteiger partial charge in [0.15, 0.2) is 11.5 Å². The summed E-state index contributed by atoms with van der Waals surface area (Å²) in [5, 5.41) is 3.00. The smallest absolute Gasteiger partial charge is 0.254 e. The Labute approximate surface area is 186 Å². The number of nitrogens with zero attached hydrogens (tertiary/aromatic N) is 3. The molecule has 2 aromatic heterocycles. The van der Waals surface area contributed by atoms with Gasteiger partial charge in [0.1, 0.15) is 0 Å². The number of fused-ring (bicyclic) bond motifs is 1. The number of aromatic nitrogens is 2. The lowest BCUT2D eigenvalue weighted by Crippen LogP contribution is -2.45. The quantitative estimate of drug-likeness (QED) is 0.644. The average Bonchev–Trinajstić information content (AvgIpc) is 2.84. The Hall–Kier alpha value is -3.94. The highest BCUT2D eigenvalue weighted by Gasteiger charge is 2.43. The number of ether oxygens (including phenoxy) is 2. The Morgan fingerprint density at radius 2 is 1.75 bits per heavy atom. The van der Waals surface area contributed by atoms with Crippen molar-refractivity contribution in [3.05, 3.63) is 83.4 Å². The molecule has 3 heterocycles. The first-order valence-corrected chi connectivity index (χ1v) is 10.1. The van der Waals surface area contributed by atoms with E-state index >= 15 is 0 Å². The van der Waals surface area contributed by atoms with Crippen molar-refractivity contribution in [1.29, 1.82) is 0 Å². The fourth-order valence-electron chi connectivity index (χ4n) is 4.10. The van der Waals surface area contributed by atoms with E-state index in [2.05, 4.69) is 15.3 Å². The van der Waals surface area contributed by atoms with Gasteiger partial charge in [0.05, 0.1) is 26.2 Å². The second-order valence-electron chi connectivity index (χ2n) is 7.50. The van der Waals surface area contributed by atoms with E-state index in [0.29, 0.717) is 29.2 Å². The molecule has 1 aromatic carbocycles. The summed E-state index contributed by atoms with van der Waals surface area (Å²) < 4.78 is 10.8. The lowest BCUT2D eigenvalue weighted by atomic mass is 9.79. The summed E-state index contributed by atoms with van der Waals surface area (Å²) in [5.41, 5.74) is 2.65. The molecular formula is C24H24N4O4. The van der Waals surface area contributed by atoms with E-state index in [-0.39, 0.29) is 11.8 Å². The average molecular weight is 432 g/mol. The third kappa shape index (κ3) is 3.87. The third-order valence-electron chi connectivity index (χ3n) is 5.67. The molecule has 0 aliphatic carbocycles. The van der Waals surface area contributed by atoms with Gasteiger partial charge in [0.25, 0.3) is 5.91 Å². The Kier molecular flexibility index (Phi) is 6.02. The number of benzene rings is 1. The first-order chi connectivity index (χ1) is 15.5. The predicted molar refractivity (Wildman–Crippen MR) is 117 cm³/mol. The molecule has 0 fully saturated rings. The van der Waals surface area contributed by atoms with E-state index < -0.39 is 12.0 Å². The van der Waals surface area contributed by atoms with Crippen LogP contribution in [0.4, 0.5) is 0 Å². The Morgan fingerprint density at radius 3 is 2.38 bits per heavy atom. The minimum Gasteiger partial charge on any atom is -0.493 e. The zero-order chi connectivity index (χ0) is 22.7. The molecule has 4 rings (SSSR count). The van der Waals surface area contributed by atoms with Crippen molar-refractivity contribution in [2.24, 2.45) is 0 Å². The molecule has 164 valence electrons. The van der Waals surface area contributed by atoms with Crippen LogP contribution in [0.25, 0.3) is 0 Å². The van der Waals surface area contributed by atoms with Gasteiger partial charge in [-0.1, -0.05) is 12.1 Å². The summed E-state index contributed by atoms with van der Waals surface area (Å²) in [4.78, 5) is 36.7. The monoisotopic (exact) mass is 432 g/mol. The van der Waals surface area contributed by atoms with E-state index in [1.807, 2.05) is 18.2 Å². The van der Waals surface area contributed by atoms with E-state index in [1.54, 1.807) is 54.9 Å². The highest BCUT2D eigenvalue weighted by Crippen LogP contribution is 2.45. The van der Waals surface area contributed by atoms with Crippen LogP contribution in [0.3, 0.4) is 0 Å². The summed E-state index contributed by atoms with van der Waals surface area (Å²) in [6.07, 6.45) is 6.73. The van der Waals surface area contributed by atoms with Gasteiger partial charge in [-0.2, -0.15) is 0 Å². The molecule has 1 aliphatic heterocycles. The lowest BCUT2D eigenvalue weighted by Gasteiger charge is -2.39. The normalized spacial score (nSPS) is 17.5. The van der Waals surface area contributed by atoms with Crippen molar-refractivity contribution in [3.63, 3.8) is 0 Å². The largest absolute Gasteiger partial charge is 0.493 e. The van der Waals surface area contributed by atoms with Crippen molar-refractivity contribution in [2.45, 2.75) is 18.5 Å². The lowest BCUT2D eigenvalue weighted by molar-refractivity contribution is -0.124. The summed E-state index contributed by atoms with van der Waals surface area (Å²) in [6.45, 7) is 0.323. The molecular weight excluding hydrogens is 408 g/mol. The highest BCUT2D eigenvalue weighted by molar-refractivity contribution is 6.02. The van der Waals surface area contributed by atoms with Crippen LogP contribution in [-0.4, -0.2) is 47.9 Å². The van der Waals surface area contributed by atoms with Gasteiger partial charge >= 0.3 is 0 Å². The van der Waals surface area contributed by atoms with E-state index in [9.17, 15) is 9.59 Å². The molecule has 32 heavy (non-hydrogen) atoms. The molecule has 1 aliphatic rings. The van der Waals surface area contributed by atoms with E-state index in [4.69, 9.17) is 9.47 Å². The standard InChI is InChI=1S/C24H24N4O4/c1-28-22(16-7-5-9-26-14-16)21(23(29)27-13-15-6-4-8-25-12-15)17-10-19(31-2)20(32-3)11-18(17)24(28)30/h4-12,14,21-22H,13H2,1-3H3,(H,27,29)/t21-,22-/m0/s1. The zero-order valence-corrected chi connectivity index (χ0v) is 18.1. The predicted octanol–water partition coefficient (Wildman–Crippen LogP) is 2.72. The Morgan fingerprint density at radius 1 is 1.06 bits per heavy atom. The van der Waals surface area contributed by atoms with Crippen LogP contribution < -0.4 is 14.8 Å². The molecule has 3 aromatic rings. The van der Waals surface area contributed by atoms with Crippen LogP contribution in [-0.2, 0) is 11.3 Å². The van der Waals surface area contributed by atoms with Gasteiger partial charge in [0.2, 0.25) is 5.91 Å². The molecule has 0 spiro atoms. The summed E-state index contributed by atoms with van der Waals surface area (Å²) in [5.74, 6) is -0.198.